The van der Waals surface area contributed by atoms with Gasteiger partial charge in [-0.25, -0.2) is 4.39 Å². The topological polar surface area (TPSA) is 0 Å². The van der Waals surface area contributed by atoms with E-state index < -0.39 is 60.0 Å². The van der Waals surface area contributed by atoms with Gasteiger partial charge in [-0.3, -0.25) is 0 Å². The van der Waals surface area contributed by atoms with Crippen LogP contribution in [0.5, 0.6) is 0 Å². The third kappa shape index (κ3) is 3.71. The molecule has 0 aromatic carbocycles. The summed E-state index contributed by atoms with van der Waals surface area (Å²) >= 11 is 0. The van der Waals surface area contributed by atoms with E-state index in [-0.39, 0.29) is 0 Å². The molecule has 0 aliphatic heterocycles. The van der Waals surface area contributed by atoms with Crippen LogP contribution in [0.3, 0.4) is 0 Å². The van der Waals surface area contributed by atoms with E-state index in [9.17, 15) is 92.2 Å². The fraction of sp³-hybridized carbons (Fsp3) is 1.00. The molecule has 0 spiro atoms. The van der Waals surface area contributed by atoms with Gasteiger partial charge in [-0.15, -0.1) is 0 Å². The third-order valence-electron chi connectivity index (χ3n) is 3.37. The van der Waals surface area contributed by atoms with Crippen LogP contribution in [0.15, 0.2) is 0 Å². The molecule has 0 saturated heterocycles. The molecule has 0 amide bonds. The highest BCUT2D eigenvalue weighted by atomic mass is 19.4. The fourth-order valence-electron chi connectivity index (χ4n) is 1.52. The smallest absolute Gasteiger partial charge is 0.234 e. The van der Waals surface area contributed by atoms with Crippen LogP contribution in [0.25, 0.3) is 0 Å². The maximum atomic E-state index is 13.1. The van der Waals surface area contributed by atoms with Crippen LogP contribution in [0.2, 0.25) is 0 Å². The molecule has 0 nitrogen and oxygen atoms in total. The highest BCUT2D eigenvalue weighted by Crippen LogP contribution is 2.63. The van der Waals surface area contributed by atoms with E-state index in [0.717, 1.165) is 0 Å². The van der Waals surface area contributed by atoms with Crippen LogP contribution in [0.1, 0.15) is 0 Å². The minimum absolute atomic E-state index is 7.17. The molecule has 0 rings (SSSR count). The normalized spacial score (nSPS) is 17.7. The lowest BCUT2D eigenvalue weighted by Crippen LogP contribution is -2.73. The molecule has 0 bridgehead atoms. The quantitative estimate of drug-likeness (QED) is 0.321. The lowest BCUT2D eigenvalue weighted by atomic mass is 9.89. The molecular weight excluding hydrogens is 519 g/mol. The van der Waals surface area contributed by atoms with Crippen molar-refractivity contribution < 1.29 is 92.2 Å². The second kappa shape index (κ2) is 7.01. The van der Waals surface area contributed by atoms with Gasteiger partial charge in [0.15, 0.2) is 0 Å². The molecule has 0 aromatic rings. The second-order valence-electron chi connectivity index (χ2n) is 5.48. The molecule has 0 radical (unpaired) electrons. The van der Waals surface area contributed by atoms with Crippen molar-refractivity contribution in [1.82, 2.24) is 0 Å². The molecule has 188 valence electrons. The summed E-state index contributed by atoms with van der Waals surface area (Å²) in [5.74, 6) is -59.5. The van der Waals surface area contributed by atoms with Crippen molar-refractivity contribution in [3.63, 3.8) is 0 Å². The molecule has 0 fully saturated rings. The maximum Gasteiger partial charge on any atom is 0.460 e. The highest BCUT2D eigenvalue weighted by molar-refractivity contribution is 5.14. The first kappa shape index (κ1) is 29.5. The first-order chi connectivity index (χ1) is 12.9. The van der Waals surface area contributed by atoms with Crippen LogP contribution in [-0.2, 0) is 0 Å². The summed E-state index contributed by atoms with van der Waals surface area (Å²) in [6.45, 7) is 0. The van der Waals surface area contributed by atoms with Gasteiger partial charge >= 0.3 is 53.8 Å². The molecule has 0 N–H and O–H groups in total. The lowest BCUT2D eigenvalue weighted by molar-refractivity contribution is -0.451. The van der Waals surface area contributed by atoms with E-state index >= 15 is 0 Å². The SMILES string of the molecule is FC(C(F)(F)C(F)(F)C(F)(F)F)C(F)(F)C(F)(F)C(F)(F)C(F)(F)C(F)(F)C(F)(F)F. The van der Waals surface area contributed by atoms with Gasteiger partial charge in [0.25, 0.3) is 0 Å². The fourth-order valence-corrected chi connectivity index (χ4v) is 1.52. The van der Waals surface area contributed by atoms with Gasteiger partial charge in [0, 0.05) is 0 Å². The minimum atomic E-state index is -8.86. The van der Waals surface area contributed by atoms with Gasteiger partial charge in [-0.05, 0) is 0 Å². The van der Waals surface area contributed by atoms with Crippen molar-refractivity contribution in [2.24, 2.45) is 0 Å². The number of hydrogen-bond acceptors (Lipinski definition) is 0. The van der Waals surface area contributed by atoms with Crippen LogP contribution >= 0.6 is 0 Å². The Morgan fingerprint density at radius 1 is 0.290 bits per heavy atom. The van der Waals surface area contributed by atoms with E-state index in [1.807, 2.05) is 0 Å². The van der Waals surface area contributed by atoms with Crippen molar-refractivity contribution in [1.29, 1.82) is 0 Å². The van der Waals surface area contributed by atoms with Crippen molar-refractivity contribution in [2.75, 3.05) is 0 Å². The largest absolute Gasteiger partial charge is 0.460 e. The summed E-state index contributed by atoms with van der Waals surface area (Å²) in [6, 6.07) is 0. The van der Waals surface area contributed by atoms with Gasteiger partial charge in [-0.2, -0.15) is 87.8 Å². The summed E-state index contributed by atoms with van der Waals surface area (Å²) in [7, 11) is 0. The summed E-state index contributed by atoms with van der Waals surface area (Å²) in [5.41, 5.74) is 0. The van der Waals surface area contributed by atoms with Crippen LogP contribution in [-0.4, -0.2) is 60.0 Å². The summed E-state index contributed by atoms with van der Waals surface area (Å²) in [4.78, 5) is 0. The Morgan fingerprint density at radius 3 is 0.774 bits per heavy atom. The first-order valence-electron chi connectivity index (χ1n) is 6.33. The van der Waals surface area contributed by atoms with Gasteiger partial charge in [0.2, 0.25) is 6.17 Å². The molecule has 1 unspecified atom stereocenters. The zero-order valence-electron chi connectivity index (χ0n) is 13.0. The van der Waals surface area contributed by atoms with Gasteiger partial charge in [0.1, 0.15) is 0 Å². The molecule has 0 saturated carbocycles. The van der Waals surface area contributed by atoms with Gasteiger partial charge in [-0.1, -0.05) is 0 Å². The van der Waals surface area contributed by atoms with Crippen molar-refractivity contribution >= 4 is 0 Å². The predicted octanol–water partition coefficient (Wildman–Crippen LogP) is 6.90. The molecular formula is C10HF21. The predicted molar refractivity (Wildman–Crippen MR) is 51.6 cm³/mol. The summed E-state index contributed by atoms with van der Waals surface area (Å²) in [5, 5.41) is 0. The van der Waals surface area contributed by atoms with E-state index in [1.165, 1.54) is 0 Å². The number of hydrogen-bond donors (Lipinski definition) is 0. The standard InChI is InChI=1S/C10HF21/c11-1(3(14,15)5(18,19)9(26,27)28)2(12,13)4(16,17)6(20,21)7(22,23)8(24,25)10(29,30)31/h1H. The zero-order chi connectivity index (χ0) is 26.1. The van der Waals surface area contributed by atoms with Crippen molar-refractivity contribution in [2.45, 2.75) is 60.0 Å². The Morgan fingerprint density at radius 2 is 0.516 bits per heavy atom. The summed E-state index contributed by atoms with van der Waals surface area (Å²) < 4.78 is 263. The van der Waals surface area contributed by atoms with E-state index in [4.69, 9.17) is 0 Å². The average Bonchev–Trinajstić information content (AvgIpc) is 2.50. The highest BCUT2D eigenvalue weighted by Gasteiger charge is 2.93. The van der Waals surface area contributed by atoms with Crippen LogP contribution < -0.4 is 0 Å². The second-order valence-corrected chi connectivity index (χ2v) is 5.48. The minimum Gasteiger partial charge on any atom is -0.234 e. The molecule has 21 heteroatoms. The van der Waals surface area contributed by atoms with Crippen molar-refractivity contribution in [3.8, 4) is 0 Å². The molecule has 0 aliphatic carbocycles. The first-order valence-corrected chi connectivity index (χ1v) is 6.33. The third-order valence-corrected chi connectivity index (χ3v) is 3.37. The number of alkyl halides is 21. The molecule has 0 heterocycles. The monoisotopic (exact) mass is 520 g/mol. The zero-order valence-corrected chi connectivity index (χ0v) is 13.0. The molecule has 1 atom stereocenters. The number of rotatable bonds is 7. The Bertz CT molecular complexity index is 646. The van der Waals surface area contributed by atoms with E-state index in [2.05, 4.69) is 0 Å². The average molecular weight is 520 g/mol. The Labute approximate surface area is 153 Å². The van der Waals surface area contributed by atoms with Gasteiger partial charge in [0.05, 0.1) is 0 Å². The van der Waals surface area contributed by atoms with Crippen molar-refractivity contribution in [3.05, 3.63) is 0 Å². The van der Waals surface area contributed by atoms with Crippen LogP contribution in [0.4, 0.5) is 92.2 Å². The molecule has 0 aliphatic rings. The van der Waals surface area contributed by atoms with Crippen LogP contribution in [0, 0.1) is 0 Å². The van der Waals surface area contributed by atoms with E-state index in [1.54, 1.807) is 0 Å². The molecule has 31 heavy (non-hydrogen) atoms. The van der Waals surface area contributed by atoms with Gasteiger partial charge < -0.3 is 0 Å². The Hall–Kier alpha value is -1.47. The number of halogens is 21. The summed E-state index contributed by atoms with van der Waals surface area (Å²) in [6.07, 6.45) is -22.9. The lowest BCUT2D eigenvalue weighted by Gasteiger charge is -2.42. The Balaban J connectivity index is 6.72. The maximum absolute atomic E-state index is 13.1. The van der Waals surface area contributed by atoms with E-state index in [0.29, 0.717) is 0 Å². The molecule has 0 aromatic heterocycles. The Kier molecular flexibility index (Phi) is 6.68.